The van der Waals surface area contributed by atoms with E-state index < -0.39 is 11.4 Å². The number of ketones is 2. The highest BCUT2D eigenvalue weighted by atomic mass is 16.5. The van der Waals surface area contributed by atoms with E-state index in [1.807, 2.05) is 0 Å². The first kappa shape index (κ1) is 14.6. The summed E-state index contributed by atoms with van der Waals surface area (Å²) in [5.74, 6) is -0.519. The molecule has 1 aliphatic rings. The molecule has 1 saturated carbocycles. The average Bonchev–Trinajstić information content (AvgIpc) is 2.31. The third-order valence-corrected chi connectivity index (χ3v) is 3.47. The smallest absolute Gasteiger partial charge is 0.330 e. The van der Waals surface area contributed by atoms with Gasteiger partial charge in [0.1, 0.15) is 11.6 Å². The van der Waals surface area contributed by atoms with Crippen LogP contribution in [0.3, 0.4) is 0 Å². The summed E-state index contributed by atoms with van der Waals surface area (Å²) in [6.07, 6.45) is 5.99. The van der Waals surface area contributed by atoms with Crippen molar-refractivity contribution in [3.63, 3.8) is 0 Å². The zero-order valence-corrected chi connectivity index (χ0v) is 11.0. The second kappa shape index (κ2) is 6.47. The molecule has 1 aliphatic carbocycles. The first-order chi connectivity index (χ1) is 8.53. The Morgan fingerprint density at radius 1 is 1.39 bits per heavy atom. The van der Waals surface area contributed by atoms with Crippen molar-refractivity contribution in [2.45, 2.75) is 46.0 Å². The van der Waals surface area contributed by atoms with Crippen molar-refractivity contribution < 1.29 is 19.1 Å². The Bertz CT molecular complexity index is 370. The molecule has 18 heavy (non-hydrogen) atoms. The van der Waals surface area contributed by atoms with Gasteiger partial charge in [-0.05, 0) is 33.1 Å². The number of ether oxygens (including phenoxy) is 1. The maximum atomic E-state index is 12.0. The van der Waals surface area contributed by atoms with Gasteiger partial charge in [0.15, 0.2) is 0 Å². The fourth-order valence-corrected chi connectivity index (χ4v) is 2.37. The van der Waals surface area contributed by atoms with Crippen molar-refractivity contribution in [3.05, 3.63) is 12.2 Å². The summed E-state index contributed by atoms with van der Waals surface area (Å²) in [5.41, 5.74) is -0.902. The molecule has 4 nitrogen and oxygen atoms in total. The summed E-state index contributed by atoms with van der Waals surface area (Å²) >= 11 is 0. The Hall–Kier alpha value is -1.45. The van der Waals surface area contributed by atoms with Crippen LogP contribution in [0.5, 0.6) is 0 Å². The lowest BCUT2D eigenvalue weighted by Crippen LogP contribution is -2.40. The Labute approximate surface area is 107 Å². The fourth-order valence-electron chi connectivity index (χ4n) is 2.37. The second-order valence-electron chi connectivity index (χ2n) is 4.63. The van der Waals surface area contributed by atoms with Crippen molar-refractivity contribution in [2.24, 2.45) is 5.41 Å². The number of hydrogen-bond acceptors (Lipinski definition) is 4. The molecule has 0 radical (unpaired) electrons. The molecule has 1 rings (SSSR count). The molecule has 100 valence electrons. The fraction of sp³-hybridized carbons (Fsp3) is 0.643. The summed E-state index contributed by atoms with van der Waals surface area (Å²) < 4.78 is 4.76. The van der Waals surface area contributed by atoms with Gasteiger partial charge in [0, 0.05) is 12.5 Å². The van der Waals surface area contributed by atoms with Crippen LogP contribution in [0.1, 0.15) is 46.0 Å². The molecule has 0 heterocycles. The van der Waals surface area contributed by atoms with Gasteiger partial charge in [0.05, 0.1) is 12.0 Å². The van der Waals surface area contributed by atoms with Crippen molar-refractivity contribution in [1.82, 2.24) is 0 Å². The van der Waals surface area contributed by atoms with Crippen molar-refractivity contribution in [3.8, 4) is 0 Å². The van der Waals surface area contributed by atoms with Gasteiger partial charge >= 0.3 is 5.97 Å². The molecule has 4 heteroatoms. The highest BCUT2D eigenvalue weighted by Gasteiger charge is 2.42. The van der Waals surface area contributed by atoms with Gasteiger partial charge in [-0.1, -0.05) is 12.5 Å². The largest absolute Gasteiger partial charge is 0.463 e. The van der Waals surface area contributed by atoms with E-state index >= 15 is 0 Å². The van der Waals surface area contributed by atoms with Crippen molar-refractivity contribution in [2.75, 3.05) is 6.61 Å². The van der Waals surface area contributed by atoms with E-state index in [0.717, 1.165) is 12.8 Å². The highest BCUT2D eigenvalue weighted by molar-refractivity contribution is 6.06. The zero-order valence-electron chi connectivity index (χ0n) is 11.0. The zero-order chi connectivity index (χ0) is 13.6. The third kappa shape index (κ3) is 3.28. The first-order valence-corrected chi connectivity index (χ1v) is 6.40. The topological polar surface area (TPSA) is 60.4 Å². The lowest BCUT2D eigenvalue weighted by Gasteiger charge is -2.32. The van der Waals surface area contributed by atoms with Crippen molar-refractivity contribution >= 4 is 17.5 Å². The Balaban J connectivity index is 2.72. The summed E-state index contributed by atoms with van der Waals surface area (Å²) in [6, 6.07) is 0. The molecule has 0 aromatic carbocycles. The number of hydrogen-bond donors (Lipinski definition) is 0. The van der Waals surface area contributed by atoms with E-state index in [1.165, 1.54) is 13.0 Å². The van der Waals surface area contributed by atoms with Crippen molar-refractivity contribution in [1.29, 1.82) is 0 Å². The van der Waals surface area contributed by atoms with Crippen LogP contribution in [0, 0.1) is 5.41 Å². The Kier molecular flexibility index (Phi) is 5.25. The molecule has 0 saturated heterocycles. The van der Waals surface area contributed by atoms with Gasteiger partial charge < -0.3 is 4.74 Å². The number of rotatable bonds is 5. The normalized spacial score (nSPS) is 24.2. The minimum absolute atomic E-state index is 0.00904. The molecule has 0 N–H and O–H groups in total. The van der Waals surface area contributed by atoms with Crippen LogP contribution >= 0.6 is 0 Å². The summed E-state index contributed by atoms with van der Waals surface area (Å²) in [7, 11) is 0. The van der Waals surface area contributed by atoms with Crippen LogP contribution in [-0.2, 0) is 19.1 Å². The lowest BCUT2D eigenvalue weighted by molar-refractivity contribution is -0.142. The van der Waals surface area contributed by atoms with E-state index in [1.54, 1.807) is 13.0 Å². The highest BCUT2D eigenvalue weighted by Crippen LogP contribution is 2.37. The first-order valence-electron chi connectivity index (χ1n) is 6.40. The lowest BCUT2D eigenvalue weighted by atomic mass is 9.68. The molecular formula is C14H20O4. The van der Waals surface area contributed by atoms with Crippen LogP contribution in [-0.4, -0.2) is 24.1 Å². The maximum Gasteiger partial charge on any atom is 0.330 e. The molecule has 0 aliphatic heterocycles. The molecule has 0 amide bonds. The van der Waals surface area contributed by atoms with Gasteiger partial charge in [-0.25, -0.2) is 4.79 Å². The van der Waals surface area contributed by atoms with E-state index in [9.17, 15) is 14.4 Å². The third-order valence-electron chi connectivity index (χ3n) is 3.47. The molecule has 0 aromatic rings. The summed E-state index contributed by atoms with van der Waals surface area (Å²) in [5, 5.41) is 0. The molecular weight excluding hydrogens is 232 g/mol. The summed E-state index contributed by atoms with van der Waals surface area (Å²) in [6.45, 7) is 3.51. The average molecular weight is 252 g/mol. The number of Topliss-reactive ketones (excluding diaryl/α,β-unsaturated/α-hetero) is 2. The molecule has 1 atom stereocenters. The predicted molar refractivity (Wildman–Crippen MR) is 67.0 cm³/mol. The van der Waals surface area contributed by atoms with Gasteiger partial charge in [-0.2, -0.15) is 0 Å². The van der Waals surface area contributed by atoms with E-state index in [4.69, 9.17) is 4.74 Å². The molecule has 0 spiro atoms. The molecule has 1 unspecified atom stereocenters. The van der Waals surface area contributed by atoms with E-state index in [-0.39, 0.29) is 11.6 Å². The second-order valence-corrected chi connectivity index (χ2v) is 4.63. The number of allylic oxidation sites excluding steroid dienone is 1. The standard InChI is InChI=1S/C14H20O4/c1-3-18-13(17)8-6-10-14(11(2)15)9-5-4-7-12(14)16/h6,8H,3-5,7,9-10H2,1-2H3/b8-6+. The minimum atomic E-state index is -0.902. The number of carbonyl (C=O) groups is 3. The molecule has 0 aromatic heterocycles. The van der Waals surface area contributed by atoms with Gasteiger partial charge in [0.2, 0.25) is 0 Å². The van der Waals surface area contributed by atoms with E-state index in [0.29, 0.717) is 25.9 Å². The quantitative estimate of drug-likeness (QED) is 0.427. The molecule has 1 fully saturated rings. The van der Waals surface area contributed by atoms with Crippen LogP contribution in [0.2, 0.25) is 0 Å². The van der Waals surface area contributed by atoms with Gasteiger partial charge in [-0.3, -0.25) is 9.59 Å². The van der Waals surface area contributed by atoms with Crippen LogP contribution in [0.15, 0.2) is 12.2 Å². The van der Waals surface area contributed by atoms with E-state index in [2.05, 4.69) is 0 Å². The summed E-state index contributed by atoms with van der Waals surface area (Å²) in [4.78, 5) is 34.9. The predicted octanol–water partition coefficient (Wildman–Crippen LogP) is 2.21. The Morgan fingerprint density at radius 2 is 2.11 bits per heavy atom. The number of carbonyl (C=O) groups excluding carboxylic acids is 3. The Morgan fingerprint density at radius 3 is 2.67 bits per heavy atom. The minimum Gasteiger partial charge on any atom is -0.463 e. The van der Waals surface area contributed by atoms with Gasteiger partial charge in [0.25, 0.3) is 0 Å². The van der Waals surface area contributed by atoms with Gasteiger partial charge in [-0.15, -0.1) is 0 Å². The van der Waals surface area contributed by atoms with Crippen LogP contribution < -0.4 is 0 Å². The number of esters is 1. The monoisotopic (exact) mass is 252 g/mol. The molecule has 0 bridgehead atoms. The van der Waals surface area contributed by atoms with Crippen LogP contribution in [0.4, 0.5) is 0 Å². The van der Waals surface area contributed by atoms with Crippen LogP contribution in [0.25, 0.3) is 0 Å². The maximum absolute atomic E-state index is 12.0. The SMILES string of the molecule is CCOC(=O)/C=C/CC1(C(C)=O)CCCCC1=O.